The number of hydrogen-bond acceptors (Lipinski definition) is 2. The molecule has 1 fully saturated rings. The molecule has 1 aliphatic rings. The van der Waals surface area contributed by atoms with Crippen LogP contribution in [0.1, 0.15) is 45.4 Å². The number of carbonyl (C=O) groups excluding carboxylic acids is 1. The summed E-state index contributed by atoms with van der Waals surface area (Å²) in [4.78, 5) is 11.1. The summed E-state index contributed by atoms with van der Waals surface area (Å²) in [5.41, 5.74) is 0. The first kappa shape index (κ1) is 11.5. The minimum atomic E-state index is 0.141. The van der Waals surface area contributed by atoms with Crippen molar-refractivity contribution in [2.45, 2.75) is 51.6 Å². The maximum absolute atomic E-state index is 11.1. The minimum absolute atomic E-state index is 0.141. The molecule has 0 unspecified atom stereocenters. The molecule has 1 rings (SSSR count). The second kappa shape index (κ2) is 6.82. The lowest BCUT2D eigenvalue weighted by Crippen LogP contribution is -2.28. The highest BCUT2D eigenvalue weighted by Gasteiger charge is 2.14. The van der Waals surface area contributed by atoms with Gasteiger partial charge in [-0.3, -0.25) is 4.79 Å². The van der Waals surface area contributed by atoms with Gasteiger partial charge in [0.05, 0.1) is 12.7 Å². The molecular weight excluding hydrogens is 178 g/mol. The molecule has 1 amide bonds. The average molecular weight is 199 g/mol. The molecule has 1 saturated carbocycles. The van der Waals surface area contributed by atoms with Crippen LogP contribution in [-0.2, 0) is 9.53 Å². The van der Waals surface area contributed by atoms with Crippen molar-refractivity contribution in [3.63, 3.8) is 0 Å². The molecule has 0 spiro atoms. The molecule has 3 heteroatoms. The van der Waals surface area contributed by atoms with Crippen molar-refractivity contribution >= 4 is 5.91 Å². The molecule has 0 aromatic carbocycles. The summed E-state index contributed by atoms with van der Waals surface area (Å²) in [6.07, 6.45) is 6.99. The van der Waals surface area contributed by atoms with E-state index in [9.17, 15) is 4.79 Å². The van der Waals surface area contributed by atoms with Crippen LogP contribution in [0.3, 0.4) is 0 Å². The van der Waals surface area contributed by atoms with Crippen molar-refractivity contribution in [3.05, 3.63) is 0 Å². The lowest BCUT2D eigenvalue weighted by atomic mass is 10.3. The van der Waals surface area contributed by atoms with Crippen LogP contribution in [-0.4, -0.2) is 25.2 Å². The van der Waals surface area contributed by atoms with E-state index < -0.39 is 0 Å². The molecular formula is C11H21NO2. The van der Waals surface area contributed by atoms with Crippen molar-refractivity contribution < 1.29 is 9.53 Å². The first-order valence-corrected chi connectivity index (χ1v) is 5.71. The lowest BCUT2D eigenvalue weighted by molar-refractivity contribution is -0.121. The Kier molecular flexibility index (Phi) is 5.60. The van der Waals surface area contributed by atoms with E-state index in [0.717, 1.165) is 6.42 Å². The molecule has 0 saturated heterocycles. The van der Waals surface area contributed by atoms with E-state index in [4.69, 9.17) is 4.74 Å². The number of carbonyl (C=O) groups is 1. The van der Waals surface area contributed by atoms with Crippen LogP contribution in [0.2, 0.25) is 0 Å². The largest absolute Gasteiger partial charge is 0.376 e. The van der Waals surface area contributed by atoms with Gasteiger partial charge >= 0.3 is 0 Å². The fourth-order valence-electron chi connectivity index (χ4n) is 1.79. The second-order valence-corrected chi connectivity index (χ2v) is 3.88. The van der Waals surface area contributed by atoms with Gasteiger partial charge in [0, 0.05) is 13.0 Å². The predicted molar refractivity (Wildman–Crippen MR) is 56.1 cm³/mol. The highest BCUT2D eigenvalue weighted by molar-refractivity contribution is 5.75. The number of nitrogens with one attached hydrogen (secondary N) is 1. The highest BCUT2D eigenvalue weighted by Crippen LogP contribution is 2.20. The highest BCUT2D eigenvalue weighted by atomic mass is 16.5. The zero-order valence-corrected chi connectivity index (χ0v) is 9.05. The molecule has 0 radical (unpaired) electrons. The number of hydrogen-bond donors (Lipinski definition) is 1. The van der Waals surface area contributed by atoms with Crippen molar-refractivity contribution in [2.75, 3.05) is 13.2 Å². The van der Waals surface area contributed by atoms with Crippen molar-refractivity contribution in [3.8, 4) is 0 Å². The topological polar surface area (TPSA) is 38.3 Å². The summed E-state index contributed by atoms with van der Waals surface area (Å²) >= 11 is 0. The molecule has 0 aromatic rings. The molecule has 1 N–H and O–H groups in total. The van der Waals surface area contributed by atoms with Crippen LogP contribution in [0.25, 0.3) is 0 Å². The Bertz CT molecular complexity index is 165. The van der Waals surface area contributed by atoms with Crippen LogP contribution in [0.5, 0.6) is 0 Å². The summed E-state index contributed by atoms with van der Waals surface area (Å²) in [7, 11) is 0. The molecule has 0 heterocycles. The Morgan fingerprint density at radius 2 is 2.14 bits per heavy atom. The quantitative estimate of drug-likeness (QED) is 0.663. The zero-order chi connectivity index (χ0) is 10.2. The minimum Gasteiger partial charge on any atom is -0.376 e. The molecule has 82 valence electrons. The number of rotatable bonds is 6. The van der Waals surface area contributed by atoms with Crippen LogP contribution in [0, 0.1) is 0 Å². The number of ether oxygens (including phenoxy) is 1. The normalized spacial score (nSPS) is 17.2. The van der Waals surface area contributed by atoms with Crippen LogP contribution >= 0.6 is 0 Å². The number of amides is 1. The molecule has 0 bridgehead atoms. The Labute approximate surface area is 86.2 Å². The Hall–Kier alpha value is -0.570. The predicted octanol–water partition coefficient (Wildman–Crippen LogP) is 1.86. The molecule has 0 aliphatic heterocycles. The molecule has 3 nitrogen and oxygen atoms in total. The first-order chi connectivity index (χ1) is 6.83. The Balaban J connectivity index is 1.90. The third-order valence-electron chi connectivity index (χ3n) is 2.56. The van der Waals surface area contributed by atoms with Gasteiger partial charge in [0.15, 0.2) is 0 Å². The molecule has 14 heavy (non-hydrogen) atoms. The van der Waals surface area contributed by atoms with Gasteiger partial charge in [0.25, 0.3) is 0 Å². The standard InChI is InChI=1S/C11H21NO2/c1-2-5-11(13)12-8-9-14-10-6-3-4-7-10/h10H,2-9H2,1H3,(H,12,13). The average Bonchev–Trinajstić information content (AvgIpc) is 2.65. The summed E-state index contributed by atoms with van der Waals surface area (Å²) in [5.74, 6) is 0.141. The van der Waals surface area contributed by atoms with E-state index in [-0.39, 0.29) is 5.91 Å². The van der Waals surface area contributed by atoms with Gasteiger partial charge in [-0.1, -0.05) is 19.8 Å². The van der Waals surface area contributed by atoms with E-state index in [1.54, 1.807) is 0 Å². The Morgan fingerprint density at radius 3 is 2.79 bits per heavy atom. The third kappa shape index (κ3) is 4.61. The molecule has 0 aromatic heterocycles. The zero-order valence-electron chi connectivity index (χ0n) is 9.05. The van der Waals surface area contributed by atoms with E-state index in [1.165, 1.54) is 25.7 Å². The van der Waals surface area contributed by atoms with Gasteiger partial charge in [-0.05, 0) is 19.3 Å². The maximum atomic E-state index is 11.1. The maximum Gasteiger partial charge on any atom is 0.220 e. The monoisotopic (exact) mass is 199 g/mol. The Morgan fingerprint density at radius 1 is 1.43 bits per heavy atom. The fraction of sp³-hybridized carbons (Fsp3) is 0.909. The summed E-state index contributed by atoms with van der Waals surface area (Å²) in [6, 6.07) is 0. The SMILES string of the molecule is CCCC(=O)NCCOC1CCCC1. The molecule has 1 aliphatic carbocycles. The van der Waals surface area contributed by atoms with Crippen molar-refractivity contribution in [2.24, 2.45) is 0 Å². The molecule has 0 atom stereocenters. The fourth-order valence-corrected chi connectivity index (χ4v) is 1.79. The van der Waals surface area contributed by atoms with Crippen molar-refractivity contribution in [1.82, 2.24) is 5.32 Å². The summed E-state index contributed by atoms with van der Waals surface area (Å²) in [6.45, 7) is 3.34. The smallest absolute Gasteiger partial charge is 0.220 e. The van der Waals surface area contributed by atoms with E-state index >= 15 is 0 Å². The van der Waals surface area contributed by atoms with E-state index in [2.05, 4.69) is 5.32 Å². The summed E-state index contributed by atoms with van der Waals surface area (Å²) < 4.78 is 5.62. The van der Waals surface area contributed by atoms with Gasteiger partial charge in [0.2, 0.25) is 5.91 Å². The van der Waals surface area contributed by atoms with Gasteiger partial charge in [0.1, 0.15) is 0 Å². The van der Waals surface area contributed by atoms with Crippen LogP contribution in [0.15, 0.2) is 0 Å². The van der Waals surface area contributed by atoms with E-state index in [1.807, 2.05) is 6.92 Å². The lowest BCUT2D eigenvalue weighted by Gasteiger charge is -2.11. The third-order valence-corrected chi connectivity index (χ3v) is 2.56. The van der Waals surface area contributed by atoms with Gasteiger partial charge in [-0.2, -0.15) is 0 Å². The van der Waals surface area contributed by atoms with E-state index in [0.29, 0.717) is 25.7 Å². The van der Waals surface area contributed by atoms with Crippen molar-refractivity contribution in [1.29, 1.82) is 0 Å². The first-order valence-electron chi connectivity index (χ1n) is 5.71. The van der Waals surface area contributed by atoms with Gasteiger partial charge < -0.3 is 10.1 Å². The summed E-state index contributed by atoms with van der Waals surface area (Å²) in [5, 5.41) is 2.84. The van der Waals surface area contributed by atoms with Gasteiger partial charge in [-0.15, -0.1) is 0 Å². The van der Waals surface area contributed by atoms with Crippen LogP contribution in [0.4, 0.5) is 0 Å². The van der Waals surface area contributed by atoms with Crippen LogP contribution < -0.4 is 5.32 Å². The van der Waals surface area contributed by atoms with Gasteiger partial charge in [-0.25, -0.2) is 0 Å². The second-order valence-electron chi connectivity index (χ2n) is 3.88.